The second-order valence-electron chi connectivity index (χ2n) is 5.44. The Morgan fingerprint density at radius 1 is 1.36 bits per heavy atom. The Morgan fingerprint density at radius 2 is 2.14 bits per heavy atom. The van der Waals surface area contributed by atoms with Crippen LogP contribution in [0.2, 0.25) is 5.02 Å². The van der Waals surface area contributed by atoms with Gasteiger partial charge in [0, 0.05) is 28.9 Å². The SMILES string of the molecule is CC(C)c1nc(NC(=O)c2cc3cc(Cl)ccc3n2C)n[nH]1. The number of carbonyl (C=O) groups is 1. The number of hydrogen-bond donors (Lipinski definition) is 2. The first kappa shape index (κ1) is 14.6. The van der Waals surface area contributed by atoms with E-state index in [1.807, 2.05) is 37.6 Å². The van der Waals surface area contributed by atoms with Crippen molar-refractivity contribution in [1.29, 1.82) is 0 Å². The van der Waals surface area contributed by atoms with E-state index in [4.69, 9.17) is 11.6 Å². The van der Waals surface area contributed by atoms with Crippen LogP contribution >= 0.6 is 11.6 Å². The van der Waals surface area contributed by atoms with Gasteiger partial charge in [-0.05, 0) is 24.3 Å². The fraction of sp³-hybridized carbons (Fsp3) is 0.267. The topological polar surface area (TPSA) is 75.6 Å². The number of fused-ring (bicyclic) bond motifs is 1. The highest BCUT2D eigenvalue weighted by atomic mass is 35.5. The van der Waals surface area contributed by atoms with Crippen molar-refractivity contribution in [1.82, 2.24) is 19.7 Å². The summed E-state index contributed by atoms with van der Waals surface area (Å²) in [7, 11) is 1.84. The fourth-order valence-corrected chi connectivity index (χ4v) is 2.47. The van der Waals surface area contributed by atoms with Crippen molar-refractivity contribution < 1.29 is 4.79 Å². The lowest BCUT2D eigenvalue weighted by atomic mass is 10.2. The molecule has 22 heavy (non-hydrogen) atoms. The lowest BCUT2D eigenvalue weighted by Gasteiger charge is -2.03. The molecule has 2 aromatic heterocycles. The van der Waals surface area contributed by atoms with Crippen LogP contribution in [0.15, 0.2) is 24.3 Å². The number of nitrogens with zero attached hydrogens (tertiary/aromatic N) is 3. The standard InChI is InChI=1S/C15H16ClN5O/c1-8(2)13-17-15(20-19-13)18-14(22)12-7-9-6-10(16)4-5-11(9)21(12)3/h4-8H,1-3H3,(H2,17,18,19,20,22). The van der Waals surface area contributed by atoms with Crippen LogP contribution in [0.3, 0.4) is 0 Å². The van der Waals surface area contributed by atoms with Crippen molar-refractivity contribution in [3.8, 4) is 0 Å². The molecule has 0 unspecified atom stereocenters. The van der Waals surface area contributed by atoms with Gasteiger partial charge in [0.2, 0.25) is 5.95 Å². The number of H-pyrrole nitrogens is 1. The van der Waals surface area contributed by atoms with Crippen LogP contribution in [0, 0.1) is 0 Å². The molecule has 3 aromatic rings. The van der Waals surface area contributed by atoms with Crippen LogP contribution in [0.1, 0.15) is 36.1 Å². The molecule has 114 valence electrons. The zero-order valence-corrected chi connectivity index (χ0v) is 13.3. The summed E-state index contributed by atoms with van der Waals surface area (Å²) in [6.07, 6.45) is 0. The first-order valence-electron chi connectivity index (χ1n) is 6.94. The normalized spacial score (nSPS) is 11.3. The molecule has 2 N–H and O–H groups in total. The van der Waals surface area contributed by atoms with Gasteiger partial charge in [0.25, 0.3) is 5.91 Å². The number of amides is 1. The number of carbonyl (C=O) groups excluding carboxylic acids is 1. The molecule has 3 rings (SSSR count). The number of aromatic amines is 1. The molecule has 0 fully saturated rings. The highest BCUT2D eigenvalue weighted by molar-refractivity contribution is 6.31. The summed E-state index contributed by atoms with van der Waals surface area (Å²) in [6, 6.07) is 7.32. The smallest absolute Gasteiger partial charge is 0.274 e. The van der Waals surface area contributed by atoms with Gasteiger partial charge in [-0.2, -0.15) is 4.98 Å². The average molecular weight is 318 g/mol. The minimum atomic E-state index is -0.260. The summed E-state index contributed by atoms with van der Waals surface area (Å²) < 4.78 is 1.82. The van der Waals surface area contributed by atoms with Crippen molar-refractivity contribution in [2.75, 3.05) is 5.32 Å². The summed E-state index contributed by atoms with van der Waals surface area (Å²) in [6.45, 7) is 4.00. The highest BCUT2D eigenvalue weighted by Gasteiger charge is 2.16. The van der Waals surface area contributed by atoms with E-state index in [0.29, 0.717) is 10.7 Å². The highest BCUT2D eigenvalue weighted by Crippen LogP contribution is 2.23. The molecule has 0 spiro atoms. The molecule has 0 bridgehead atoms. The van der Waals surface area contributed by atoms with E-state index in [2.05, 4.69) is 20.5 Å². The number of aromatic nitrogens is 4. The molecule has 0 saturated carbocycles. The number of aryl methyl sites for hydroxylation is 1. The van der Waals surface area contributed by atoms with Gasteiger partial charge in [-0.15, -0.1) is 5.10 Å². The molecule has 6 nitrogen and oxygen atoms in total. The molecule has 0 saturated heterocycles. The van der Waals surface area contributed by atoms with Crippen LogP contribution < -0.4 is 5.32 Å². The third kappa shape index (κ3) is 2.57. The van der Waals surface area contributed by atoms with Gasteiger partial charge in [0.15, 0.2) is 0 Å². The molecule has 1 aromatic carbocycles. The van der Waals surface area contributed by atoms with E-state index in [0.717, 1.165) is 16.7 Å². The van der Waals surface area contributed by atoms with Crippen molar-refractivity contribution in [2.24, 2.45) is 7.05 Å². The molecule has 7 heteroatoms. The third-order valence-corrected chi connectivity index (χ3v) is 3.75. The van der Waals surface area contributed by atoms with E-state index in [9.17, 15) is 4.79 Å². The zero-order valence-electron chi connectivity index (χ0n) is 12.5. The van der Waals surface area contributed by atoms with Crippen LogP contribution in [0.4, 0.5) is 5.95 Å². The lowest BCUT2D eigenvalue weighted by Crippen LogP contribution is -2.16. The molecule has 2 heterocycles. The largest absolute Gasteiger partial charge is 0.340 e. The first-order chi connectivity index (χ1) is 10.5. The number of rotatable bonds is 3. The van der Waals surface area contributed by atoms with Crippen molar-refractivity contribution in [3.05, 3.63) is 40.8 Å². The van der Waals surface area contributed by atoms with Gasteiger partial charge in [0.05, 0.1) is 0 Å². The van der Waals surface area contributed by atoms with Gasteiger partial charge in [0.1, 0.15) is 11.5 Å². The quantitative estimate of drug-likeness (QED) is 0.778. The van der Waals surface area contributed by atoms with Crippen molar-refractivity contribution in [2.45, 2.75) is 19.8 Å². The summed E-state index contributed by atoms with van der Waals surface area (Å²) in [5.74, 6) is 0.971. The summed E-state index contributed by atoms with van der Waals surface area (Å²) in [5.41, 5.74) is 1.46. The monoisotopic (exact) mass is 317 g/mol. The maximum absolute atomic E-state index is 12.4. The number of nitrogens with one attached hydrogen (secondary N) is 2. The Hall–Kier alpha value is -2.34. The van der Waals surface area contributed by atoms with Gasteiger partial charge in [-0.3, -0.25) is 15.2 Å². The predicted octanol–water partition coefficient (Wildman–Crippen LogP) is 3.33. The molecular formula is C15H16ClN5O. The van der Waals surface area contributed by atoms with Crippen LogP contribution in [0.25, 0.3) is 10.9 Å². The molecular weight excluding hydrogens is 302 g/mol. The number of halogens is 1. The minimum Gasteiger partial charge on any atom is -0.340 e. The van der Waals surface area contributed by atoms with Gasteiger partial charge in [-0.25, -0.2) is 0 Å². The Morgan fingerprint density at radius 3 is 2.82 bits per heavy atom. The molecule has 0 atom stereocenters. The van der Waals surface area contributed by atoms with Crippen molar-refractivity contribution >= 4 is 34.4 Å². The number of hydrogen-bond acceptors (Lipinski definition) is 3. The van der Waals surface area contributed by atoms with E-state index in [-0.39, 0.29) is 17.8 Å². The third-order valence-electron chi connectivity index (χ3n) is 3.51. The van der Waals surface area contributed by atoms with Crippen molar-refractivity contribution in [3.63, 3.8) is 0 Å². The Balaban J connectivity index is 1.89. The van der Waals surface area contributed by atoms with E-state index in [1.54, 1.807) is 12.1 Å². The van der Waals surface area contributed by atoms with Crippen LogP contribution in [-0.2, 0) is 7.05 Å². The van der Waals surface area contributed by atoms with Gasteiger partial charge < -0.3 is 4.57 Å². The van der Waals surface area contributed by atoms with E-state index >= 15 is 0 Å². The maximum Gasteiger partial charge on any atom is 0.274 e. The second-order valence-corrected chi connectivity index (χ2v) is 5.88. The summed E-state index contributed by atoms with van der Waals surface area (Å²) in [5, 5.41) is 11.1. The van der Waals surface area contributed by atoms with Gasteiger partial charge >= 0.3 is 0 Å². The van der Waals surface area contributed by atoms with E-state index < -0.39 is 0 Å². The molecule has 0 aliphatic heterocycles. The van der Waals surface area contributed by atoms with Crippen LogP contribution in [0.5, 0.6) is 0 Å². The molecule has 0 aliphatic rings. The zero-order chi connectivity index (χ0) is 15.9. The fourth-order valence-electron chi connectivity index (χ4n) is 2.29. The Kier molecular flexibility index (Phi) is 3.62. The molecule has 0 radical (unpaired) electrons. The summed E-state index contributed by atoms with van der Waals surface area (Å²) >= 11 is 5.99. The maximum atomic E-state index is 12.4. The summed E-state index contributed by atoms with van der Waals surface area (Å²) in [4.78, 5) is 16.7. The minimum absolute atomic E-state index is 0.220. The first-order valence-corrected chi connectivity index (χ1v) is 7.32. The number of benzene rings is 1. The van der Waals surface area contributed by atoms with E-state index in [1.165, 1.54) is 0 Å². The molecule has 0 aliphatic carbocycles. The lowest BCUT2D eigenvalue weighted by molar-refractivity contribution is 0.101. The average Bonchev–Trinajstić information content (AvgIpc) is 3.04. The van der Waals surface area contributed by atoms with Gasteiger partial charge in [-0.1, -0.05) is 25.4 Å². The predicted molar refractivity (Wildman–Crippen MR) is 86.4 cm³/mol. The Bertz CT molecular complexity index is 849. The second kappa shape index (κ2) is 5.46. The number of anilines is 1. The Labute approximate surface area is 132 Å². The van der Waals surface area contributed by atoms with Crippen LogP contribution in [-0.4, -0.2) is 25.7 Å². The molecule has 1 amide bonds.